The Morgan fingerprint density at radius 1 is 1.21 bits per heavy atom. The summed E-state index contributed by atoms with van der Waals surface area (Å²) < 4.78 is 5.63. The molecule has 0 fully saturated rings. The van der Waals surface area contributed by atoms with Crippen LogP contribution in [-0.4, -0.2) is 11.1 Å². The van der Waals surface area contributed by atoms with E-state index < -0.39 is 5.97 Å². The van der Waals surface area contributed by atoms with Crippen molar-refractivity contribution in [2.75, 3.05) is 5.73 Å². The molecule has 2 aromatic rings. The van der Waals surface area contributed by atoms with E-state index in [0.717, 1.165) is 16.9 Å². The van der Waals surface area contributed by atoms with Gasteiger partial charge in [-0.1, -0.05) is 24.3 Å². The van der Waals surface area contributed by atoms with Crippen molar-refractivity contribution in [1.29, 1.82) is 0 Å². The van der Waals surface area contributed by atoms with Crippen molar-refractivity contribution in [2.45, 2.75) is 13.5 Å². The van der Waals surface area contributed by atoms with Crippen LogP contribution in [0.1, 0.15) is 21.5 Å². The van der Waals surface area contributed by atoms with E-state index in [1.54, 1.807) is 13.0 Å². The van der Waals surface area contributed by atoms with E-state index in [1.165, 1.54) is 6.07 Å². The van der Waals surface area contributed by atoms with Crippen LogP contribution in [0.15, 0.2) is 42.5 Å². The van der Waals surface area contributed by atoms with Crippen LogP contribution in [0.4, 0.5) is 5.69 Å². The fourth-order valence-corrected chi connectivity index (χ4v) is 1.79. The van der Waals surface area contributed by atoms with Crippen LogP contribution in [-0.2, 0) is 6.61 Å². The molecule has 0 spiro atoms. The van der Waals surface area contributed by atoms with Gasteiger partial charge in [-0.05, 0) is 36.2 Å². The summed E-state index contributed by atoms with van der Waals surface area (Å²) in [5.41, 5.74) is 7.86. The Labute approximate surface area is 111 Å². The van der Waals surface area contributed by atoms with Gasteiger partial charge in [0, 0.05) is 5.69 Å². The highest BCUT2D eigenvalue weighted by atomic mass is 16.5. The zero-order valence-electron chi connectivity index (χ0n) is 10.6. The topological polar surface area (TPSA) is 72.5 Å². The molecule has 0 atom stereocenters. The van der Waals surface area contributed by atoms with Gasteiger partial charge in [0.2, 0.25) is 0 Å². The number of benzene rings is 2. The Bertz CT molecular complexity index is 594. The number of rotatable bonds is 4. The predicted octanol–water partition coefficient (Wildman–Crippen LogP) is 2.85. The van der Waals surface area contributed by atoms with E-state index in [9.17, 15) is 4.79 Å². The molecule has 0 saturated heterocycles. The van der Waals surface area contributed by atoms with Gasteiger partial charge in [0.15, 0.2) is 0 Å². The van der Waals surface area contributed by atoms with Gasteiger partial charge in [0.05, 0.1) is 5.56 Å². The van der Waals surface area contributed by atoms with Gasteiger partial charge < -0.3 is 15.6 Å². The Morgan fingerprint density at radius 3 is 2.53 bits per heavy atom. The summed E-state index contributed by atoms with van der Waals surface area (Å²) in [4.78, 5) is 11.0. The molecule has 0 aliphatic heterocycles. The van der Waals surface area contributed by atoms with Crippen molar-refractivity contribution in [2.24, 2.45) is 0 Å². The fourth-order valence-electron chi connectivity index (χ4n) is 1.79. The Morgan fingerprint density at radius 2 is 1.89 bits per heavy atom. The molecule has 0 aliphatic carbocycles. The van der Waals surface area contributed by atoms with Gasteiger partial charge in [0.1, 0.15) is 12.4 Å². The van der Waals surface area contributed by atoms with Crippen molar-refractivity contribution in [1.82, 2.24) is 0 Å². The van der Waals surface area contributed by atoms with Crippen molar-refractivity contribution >= 4 is 11.7 Å². The molecule has 2 rings (SSSR count). The molecule has 0 bridgehead atoms. The maximum absolute atomic E-state index is 11.0. The minimum absolute atomic E-state index is 0.126. The molecule has 0 aliphatic rings. The third kappa shape index (κ3) is 2.85. The number of anilines is 1. The Kier molecular flexibility index (Phi) is 3.71. The molecule has 0 unspecified atom stereocenters. The summed E-state index contributed by atoms with van der Waals surface area (Å²) in [5, 5.41) is 8.98. The van der Waals surface area contributed by atoms with Crippen LogP contribution in [0.2, 0.25) is 0 Å². The van der Waals surface area contributed by atoms with Crippen LogP contribution < -0.4 is 10.5 Å². The molecule has 0 amide bonds. The van der Waals surface area contributed by atoms with Crippen LogP contribution in [0.25, 0.3) is 0 Å². The molecule has 98 valence electrons. The van der Waals surface area contributed by atoms with Gasteiger partial charge >= 0.3 is 5.97 Å². The van der Waals surface area contributed by atoms with Gasteiger partial charge in [-0.25, -0.2) is 4.79 Å². The number of nitrogens with two attached hydrogens (primary N) is 1. The van der Waals surface area contributed by atoms with E-state index in [1.807, 2.05) is 30.3 Å². The first-order valence-electron chi connectivity index (χ1n) is 5.88. The molecule has 0 aromatic heterocycles. The first-order chi connectivity index (χ1) is 9.09. The molecule has 4 nitrogen and oxygen atoms in total. The number of para-hydroxylation sites is 1. The summed E-state index contributed by atoms with van der Waals surface area (Å²) in [6.07, 6.45) is 0. The first-order valence-corrected chi connectivity index (χ1v) is 5.88. The summed E-state index contributed by atoms with van der Waals surface area (Å²) >= 11 is 0. The zero-order chi connectivity index (χ0) is 13.8. The second-order valence-corrected chi connectivity index (χ2v) is 4.22. The highest BCUT2D eigenvalue weighted by Gasteiger charge is 2.12. The standard InChI is InChI=1S/C15H15NO3/c1-10-11(7-8-13(14(10)16)15(17)18)9-19-12-5-3-2-4-6-12/h2-8H,9,16H2,1H3,(H,17,18). The van der Waals surface area contributed by atoms with Crippen LogP contribution >= 0.6 is 0 Å². The van der Waals surface area contributed by atoms with E-state index in [0.29, 0.717) is 12.3 Å². The quantitative estimate of drug-likeness (QED) is 0.826. The number of carboxylic acid groups (broad SMARTS) is 1. The maximum Gasteiger partial charge on any atom is 0.337 e. The molecule has 0 heterocycles. The molecule has 0 saturated carbocycles. The smallest absolute Gasteiger partial charge is 0.337 e. The predicted molar refractivity (Wildman–Crippen MR) is 73.3 cm³/mol. The third-order valence-corrected chi connectivity index (χ3v) is 2.99. The highest BCUT2D eigenvalue weighted by Crippen LogP contribution is 2.22. The molecule has 3 N–H and O–H groups in total. The first kappa shape index (κ1) is 13.0. The Hall–Kier alpha value is -2.49. The van der Waals surface area contributed by atoms with Gasteiger partial charge in [-0.3, -0.25) is 0 Å². The van der Waals surface area contributed by atoms with Crippen LogP contribution in [0, 0.1) is 6.92 Å². The average molecular weight is 257 g/mol. The monoisotopic (exact) mass is 257 g/mol. The number of carboxylic acids is 1. The Balaban J connectivity index is 2.18. The van der Waals surface area contributed by atoms with E-state index in [4.69, 9.17) is 15.6 Å². The van der Waals surface area contributed by atoms with E-state index in [-0.39, 0.29) is 5.56 Å². The number of ether oxygens (including phenoxy) is 1. The number of hydrogen-bond donors (Lipinski definition) is 2. The summed E-state index contributed by atoms with van der Waals surface area (Å²) in [6, 6.07) is 12.7. The molecular formula is C15H15NO3. The second-order valence-electron chi connectivity index (χ2n) is 4.22. The molecule has 0 radical (unpaired) electrons. The summed E-state index contributed by atoms with van der Waals surface area (Å²) in [7, 11) is 0. The lowest BCUT2D eigenvalue weighted by Gasteiger charge is -2.12. The van der Waals surface area contributed by atoms with E-state index in [2.05, 4.69) is 0 Å². The van der Waals surface area contributed by atoms with E-state index >= 15 is 0 Å². The SMILES string of the molecule is Cc1c(COc2ccccc2)ccc(C(=O)O)c1N. The summed E-state index contributed by atoms with van der Waals surface area (Å²) in [5.74, 6) is -0.251. The number of carbonyl (C=O) groups is 1. The largest absolute Gasteiger partial charge is 0.489 e. The fraction of sp³-hybridized carbons (Fsp3) is 0.133. The van der Waals surface area contributed by atoms with Crippen LogP contribution in [0.3, 0.4) is 0 Å². The minimum atomic E-state index is -1.02. The maximum atomic E-state index is 11.0. The average Bonchev–Trinajstić information content (AvgIpc) is 2.41. The molecule has 4 heteroatoms. The second kappa shape index (κ2) is 5.44. The van der Waals surface area contributed by atoms with Gasteiger partial charge in [-0.2, -0.15) is 0 Å². The molecule has 2 aromatic carbocycles. The lowest BCUT2D eigenvalue weighted by Crippen LogP contribution is -2.07. The minimum Gasteiger partial charge on any atom is -0.489 e. The van der Waals surface area contributed by atoms with Crippen molar-refractivity contribution < 1.29 is 14.6 Å². The third-order valence-electron chi connectivity index (χ3n) is 2.99. The number of nitrogen functional groups attached to an aromatic ring is 1. The van der Waals surface area contributed by atoms with Crippen molar-refractivity contribution in [3.63, 3.8) is 0 Å². The van der Waals surface area contributed by atoms with Gasteiger partial charge in [0.25, 0.3) is 0 Å². The number of hydrogen-bond acceptors (Lipinski definition) is 3. The molecular weight excluding hydrogens is 242 g/mol. The zero-order valence-corrected chi connectivity index (χ0v) is 10.6. The lowest BCUT2D eigenvalue weighted by molar-refractivity contribution is 0.0698. The highest BCUT2D eigenvalue weighted by molar-refractivity contribution is 5.94. The van der Waals surface area contributed by atoms with Crippen LogP contribution in [0.5, 0.6) is 5.75 Å². The normalized spacial score (nSPS) is 10.2. The molecule has 19 heavy (non-hydrogen) atoms. The summed E-state index contributed by atoms with van der Waals surface area (Å²) in [6.45, 7) is 2.16. The van der Waals surface area contributed by atoms with Gasteiger partial charge in [-0.15, -0.1) is 0 Å². The van der Waals surface area contributed by atoms with Crippen molar-refractivity contribution in [3.05, 3.63) is 59.2 Å². The number of aromatic carboxylic acids is 1. The lowest BCUT2D eigenvalue weighted by atomic mass is 10.0. The van der Waals surface area contributed by atoms with Crippen molar-refractivity contribution in [3.8, 4) is 5.75 Å².